The van der Waals surface area contributed by atoms with Crippen LogP contribution >= 0.6 is 0 Å². The fraction of sp³-hybridized carbons (Fsp3) is 0.400. The van der Waals surface area contributed by atoms with Gasteiger partial charge in [0.1, 0.15) is 33.3 Å². The molecule has 1 aliphatic heterocycles. The molecule has 1 aromatic carbocycles. The minimum absolute atomic E-state index is 0.0371. The standard InChI is InChI=1S/C23H24F4N6O3S.C2HF3O2/c1-21(2)20(28)32-22(3,12-37(21,34)29-4)14-7-13(5-6-15(14)24)18-8-16(33-36-18)17-9-31-19(10-30-17)35-11-23(25,26)27;3-2(4,5)1(6)7/h5-10H,11-12H2,1-4H3,(H2,28,32);(H,6,7)/t22-,37?;/m0./s1. The summed E-state index contributed by atoms with van der Waals surface area (Å²) in [4.78, 5) is 21.2. The van der Waals surface area contributed by atoms with Gasteiger partial charge in [-0.25, -0.2) is 27.7 Å². The Hall–Kier alpha value is -4.29. The van der Waals surface area contributed by atoms with Gasteiger partial charge in [0, 0.05) is 24.2 Å². The average Bonchev–Trinajstić information content (AvgIpc) is 3.41. The molecule has 19 heteroatoms. The van der Waals surface area contributed by atoms with Gasteiger partial charge in [-0.2, -0.15) is 26.3 Å². The highest BCUT2D eigenvalue weighted by molar-refractivity contribution is 7.95. The van der Waals surface area contributed by atoms with Crippen LogP contribution in [-0.4, -0.2) is 72.8 Å². The van der Waals surface area contributed by atoms with Gasteiger partial charge in [0.2, 0.25) is 5.88 Å². The van der Waals surface area contributed by atoms with Gasteiger partial charge in [-0.15, -0.1) is 0 Å². The van der Waals surface area contributed by atoms with Gasteiger partial charge in [0.15, 0.2) is 12.4 Å². The van der Waals surface area contributed by atoms with E-state index in [1.165, 1.54) is 37.5 Å². The van der Waals surface area contributed by atoms with E-state index in [1.807, 2.05) is 0 Å². The summed E-state index contributed by atoms with van der Waals surface area (Å²) in [5.41, 5.74) is 6.00. The Labute approximate surface area is 245 Å². The highest BCUT2D eigenvalue weighted by Crippen LogP contribution is 2.40. The lowest BCUT2D eigenvalue weighted by Crippen LogP contribution is -2.54. The second-order valence-corrected chi connectivity index (χ2v) is 12.9. The first-order valence-electron chi connectivity index (χ1n) is 12.2. The van der Waals surface area contributed by atoms with Crippen LogP contribution in [0.1, 0.15) is 26.3 Å². The van der Waals surface area contributed by atoms with Gasteiger partial charge in [-0.3, -0.25) is 4.99 Å². The Kier molecular flexibility index (Phi) is 9.33. The van der Waals surface area contributed by atoms with Crippen molar-refractivity contribution in [3.8, 4) is 28.6 Å². The van der Waals surface area contributed by atoms with E-state index < -0.39 is 50.8 Å². The molecule has 0 saturated heterocycles. The molecule has 240 valence electrons. The largest absolute Gasteiger partial charge is 0.490 e. The zero-order chi connectivity index (χ0) is 33.3. The number of aromatic nitrogens is 3. The van der Waals surface area contributed by atoms with E-state index in [0.29, 0.717) is 5.56 Å². The first-order chi connectivity index (χ1) is 20.1. The van der Waals surface area contributed by atoms with Crippen molar-refractivity contribution < 1.29 is 54.1 Å². The topological polar surface area (TPSA) is 166 Å². The zero-order valence-corrected chi connectivity index (χ0v) is 24.1. The van der Waals surface area contributed by atoms with E-state index in [1.54, 1.807) is 20.8 Å². The Morgan fingerprint density at radius 3 is 2.27 bits per heavy atom. The lowest BCUT2D eigenvalue weighted by molar-refractivity contribution is -0.192. The van der Waals surface area contributed by atoms with Crippen molar-refractivity contribution in [3.63, 3.8) is 0 Å². The van der Waals surface area contributed by atoms with E-state index in [4.69, 9.17) is 20.2 Å². The number of rotatable bonds is 5. The predicted molar refractivity (Wildman–Crippen MR) is 143 cm³/mol. The molecular formula is C25H25F7N6O5S. The molecule has 0 radical (unpaired) electrons. The summed E-state index contributed by atoms with van der Waals surface area (Å²) in [5, 5.41) is 11.1. The van der Waals surface area contributed by atoms with Gasteiger partial charge >= 0.3 is 18.3 Å². The second kappa shape index (κ2) is 12.0. The monoisotopic (exact) mass is 654 g/mol. The van der Waals surface area contributed by atoms with Crippen molar-refractivity contribution in [1.82, 2.24) is 15.1 Å². The van der Waals surface area contributed by atoms with Crippen molar-refractivity contribution in [2.24, 2.45) is 15.1 Å². The molecule has 4 rings (SSSR count). The Morgan fingerprint density at radius 1 is 1.11 bits per heavy atom. The summed E-state index contributed by atoms with van der Waals surface area (Å²) in [6.07, 6.45) is -7.36. The summed E-state index contributed by atoms with van der Waals surface area (Å²) in [6, 6.07) is 5.75. The summed E-state index contributed by atoms with van der Waals surface area (Å²) in [5.74, 6) is -3.29. The number of carboxylic acid groups (broad SMARTS) is 1. The Balaban J connectivity index is 0.000000676. The third-order valence-corrected chi connectivity index (χ3v) is 9.76. The molecule has 1 aliphatic rings. The van der Waals surface area contributed by atoms with Crippen LogP contribution in [0.3, 0.4) is 0 Å². The van der Waals surface area contributed by atoms with Gasteiger partial charge in [-0.05, 0) is 39.0 Å². The molecule has 3 aromatic rings. The minimum atomic E-state index is -5.08. The number of carbonyl (C=O) groups is 1. The number of halogens is 7. The van der Waals surface area contributed by atoms with E-state index in [0.717, 1.165) is 6.20 Å². The third kappa shape index (κ3) is 7.43. The summed E-state index contributed by atoms with van der Waals surface area (Å²) in [7, 11) is -1.43. The molecule has 0 bridgehead atoms. The van der Waals surface area contributed by atoms with Crippen molar-refractivity contribution >= 4 is 21.5 Å². The van der Waals surface area contributed by atoms with E-state index in [2.05, 4.69) is 29.2 Å². The van der Waals surface area contributed by atoms with Crippen molar-refractivity contribution in [2.45, 2.75) is 43.4 Å². The summed E-state index contributed by atoms with van der Waals surface area (Å²) >= 11 is 0. The summed E-state index contributed by atoms with van der Waals surface area (Å²) in [6.45, 7) is 3.55. The van der Waals surface area contributed by atoms with Crippen molar-refractivity contribution in [2.75, 3.05) is 19.4 Å². The van der Waals surface area contributed by atoms with E-state index in [9.17, 15) is 30.6 Å². The highest BCUT2D eigenvalue weighted by Gasteiger charge is 2.47. The SMILES string of the molecule is CN=S1(=O)C[C@@](C)(c2cc(-c3cc(-c4cnc(OCC(F)(F)F)cn4)no3)ccc2F)N=C(N)C1(C)C.O=C(O)C(F)(F)F. The number of amidine groups is 1. The molecule has 3 heterocycles. The number of ether oxygens (including phenoxy) is 1. The number of nitrogens with zero attached hydrogens (tertiary/aromatic N) is 5. The molecule has 0 saturated carbocycles. The molecule has 3 N–H and O–H groups in total. The first-order valence-corrected chi connectivity index (χ1v) is 13.9. The minimum Gasteiger partial charge on any atom is -0.475 e. The quantitative estimate of drug-likeness (QED) is 0.361. The van der Waals surface area contributed by atoms with Gasteiger partial charge in [-0.1, -0.05) is 5.16 Å². The zero-order valence-electron chi connectivity index (χ0n) is 23.3. The van der Waals surface area contributed by atoms with Crippen LogP contribution in [0.25, 0.3) is 22.7 Å². The van der Waals surface area contributed by atoms with Gasteiger partial charge in [0.05, 0.1) is 27.9 Å². The fourth-order valence-electron chi connectivity index (χ4n) is 3.89. The highest BCUT2D eigenvalue weighted by atomic mass is 32.2. The normalized spacial score (nSPS) is 21.5. The number of nitrogens with two attached hydrogens (primary N) is 1. The predicted octanol–water partition coefficient (Wildman–Crippen LogP) is 4.97. The van der Waals surface area contributed by atoms with Crippen LogP contribution in [0.4, 0.5) is 30.7 Å². The first kappa shape index (κ1) is 34.2. The molecule has 0 aliphatic carbocycles. The smallest absolute Gasteiger partial charge is 0.475 e. The number of benzene rings is 1. The van der Waals surface area contributed by atoms with Gasteiger partial charge in [0.25, 0.3) is 0 Å². The Morgan fingerprint density at radius 2 is 1.75 bits per heavy atom. The Bertz CT molecular complexity index is 1680. The summed E-state index contributed by atoms with van der Waals surface area (Å²) < 4.78 is 110. The molecule has 44 heavy (non-hydrogen) atoms. The average molecular weight is 655 g/mol. The van der Waals surface area contributed by atoms with Crippen LogP contribution in [0.15, 0.2) is 50.5 Å². The third-order valence-electron chi connectivity index (χ3n) is 6.41. The number of alkyl halides is 6. The fourth-order valence-corrected chi connectivity index (χ4v) is 6.19. The number of aliphatic carboxylic acids is 1. The van der Waals surface area contributed by atoms with Crippen LogP contribution in [0, 0.1) is 5.82 Å². The number of hydrogen-bond donors (Lipinski definition) is 2. The maximum atomic E-state index is 15.1. The number of aliphatic imine (C=N–C) groups is 1. The second-order valence-electron chi connectivity index (χ2n) is 9.97. The van der Waals surface area contributed by atoms with Crippen LogP contribution < -0.4 is 10.5 Å². The molecule has 0 spiro atoms. The van der Waals surface area contributed by atoms with Crippen molar-refractivity contribution in [3.05, 3.63) is 48.0 Å². The van der Waals surface area contributed by atoms with E-state index in [-0.39, 0.29) is 40.2 Å². The lowest BCUT2D eigenvalue weighted by Gasteiger charge is -2.40. The molecule has 1 unspecified atom stereocenters. The molecule has 0 fully saturated rings. The van der Waals surface area contributed by atoms with E-state index >= 15 is 4.39 Å². The maximum absolute atomic E-state index is 15.1. The maximum Gasteiger partial charge on any atom is 0.490 e. The van der Waals surface area contributed by atoms with Crippen LogP contribution in [0.2, 0.25) is 0 Å². The lowest BCUT2D eigenvalue weighted by atomic mass is 9.91. The van der Waals surface area contributed by atoms with Crippen LogP contribution in [-0.2, 0) is 20.1 Å². The molecule has 2 aromatic heterocycles. The van der Waals surface area contributed by atoms with Crippen LogP contribution in [0.5, 0.6) is 5.88 Å². The number of carboxylic acids is 1. The number of hydrogen-bond acceptors (Lipinski definition) is 10. The van der Waals surface area contributed by atoms with Gasteiger partial charge < -0.3 is 20.1 Å². The molecule has 11 nitrogen and oxygen atoms in total. The molecule has 0 amide bonds. The van der Waals surface area contributed by atoms with Crippen molar-refractivity contribution in [1.29, 1.82) is 0 Å². The molecule has 2 atom stereocenters. The molecular weight excluding hydrogens is 629 g/mol.